The number of hydrogen-bond donors (Lipinski definition) is 2. The van der Waals surface area contributed by atoms with Crippen LogP contribution in [0.3, 0.4) is 0 Å². The molecule has 2 heterocycles. The summed E-state index contributed by atoms with van der Waals surface area (Å²) in [7, 11) is -2.19. The minimum absolute atomic E-state index is 0.0381. The lowest BCUT2D eigenvalue weighted by Crippen LogP contribution is -2.44. The van der Waals surface area contributed by atoms with Gasteiger partial charge >= 0.3 is 0 Å². The third kappa shape index (κ3) is 5.88. The van der Waals surface area contributed by atoms with Crippen molar-refractivity contribution in [3.05, 3.63) is 143 Å². The standard InChI is InChI=1S/C39H41N3OSi/c1-27-37(31-20-12-14-22-35(31)41-27)33(29-16-8-6-9-17-29)24-39(26-40,43-44(3,4)5)25-34(30-18-10-7-11-19-30)38-28(2)42-36-23-15-13-21-32(36)38/h6-23,33-34,41-42H,24-25H2,1-5H3. The molecular weight excluding hydrogens is 555 g/mol. The topological polar surface area (TPSA) is 64.6 Å². The van der Waals surface area contributed by atoms with E-state index >= 15 is 0 Å². The van der Waals surface area contributed by atoms with Gasteiger partial charge in [0.2, 0.25) is 0 Å². The highest BCUT2D eigenvalue weighted by molar-refractivity contribution is 6.69. The van der Waals surface area contributed by atoms with Gasteiger partial charge in [0.25, 0.3) is 0 Å². The Bertz CT molecular complexity index is 1800. The summed E-state index contributed by atoms with van der Waals surface area (Å²) in [5.74, 6) is -0.0762. The van der Waals surface area contributed by atoms with E-state index < -0.39 is 13.9 Å². The van der Waals surface area contributed by atoms with E-state index in [1.54, 1.807) is 0 Å². The van der Waals surface area contributed by atoms with E-state index in [-0.39, 0.29) is 11.8 Å². The maximum atomic E-state index is 11.3. The van der Waals surface area contributed by atoms with Crippen molar-refractivity contribution in [1.82, 2.24) is 9.97 Å². The highest BCUT2D eigenvalue weighted by Crippen LogP contribution is 2.46. The molecule has 0 aliphatic rings. The molecule has 0 spiro atoms. The molecule has 0 saturated heterocycles. The van der Waals surface area contributed by atoms with Crippen LogP contribution in [0.25, 0.3) is 21.8 Å². The van der Waals surface area contributed by atoms with Gasteiger partial charge in [-0.2, -0.15) is 5.26 Å². The number of rotatable bonds is 10. The molecule has 44 heavy (non-hydrogen) atoms. The number of H-pyrrole nitrogens is 2. The summed E-state index contributed by atoms with van der Waals surface area (Å²) in [6.07, 6.45) is 1.09. The first-order valence-electron chi connectivity index (χ1n) is 15.5. The SMILES string of the molecule is Cc1[nH]c2ccccc2c1C(CC(C#N)(CC(c1ccccc1)c1c(C)[nH]c2ccccc12)O[Si](C)(C)C)c1ccccc1. The lowest BCUT2D eigenvalue weighted by Gasteiger charge is -2.39. The number of nitriles is 1. The number of aromatic amines is 2. The normalized spacial score (nSPS) is 14.7. The molecule has 2 N–H and O–H groups in total. The minimum Gasteiger partial charge on any atom is -0.400 e. The van der Waals surface area contributed by atoms with Crippen LogP contribution in [0.2, 0.25) is 19.6 Å². The van der Waals surface area contributed by atoms with Crippen LogP contribution in [0.4, 0.5) is 0 Å². The minimum atomic E-state index is -2.19. The van der Waals surface area contributed by atoms with Gasteiger partial charge in [-0.25, -0.2) is 0 Å². The Morgan fingerprint density at radius 2 is 1.02 bits per heavy atom. The molecule has 0 aliphatic carbocycles. The highest BCUT2D eigenvalue weighted by Gasteiger charge is 2.43. The van der Waals surface area contributed by atoms with Gasteiger partial charge in [0.1, 0.15) is 5.60 Å². The molecule has 0 radical (unpaired) electrons. The summed E-state index contributed by atoms with van der Waals surface area (Å²) in [6.45, 7) is 10.9. The first-order valence-corrected chi connectivity index (χ1v) is 18.9. The smallest absolute Gasteiger partial charge is 0.185 e. The lowest BCUT2D eigenvalue weighted by molar-refractivity contribution is 0.0906. The fourth-order valence-electron chi connectivity index (χ4n) is 7.16. The molecule has 6 rings (SSSR count). The predicted molar refractivity (Wildman–Crippen MR) is 185 cm³/mol. The maximum absolute atomic E-state index is 11.3. The van der Waals surface area contributed by atoms with Gasteiger partial charge < -0.3 is 14.4 Å². The van der Waals surface area contributed by atoms with Gasteiger partial charge in [0, 0.05) is 45.0 Å². The lowest BCUT2D eigenvalue weighted by atomic mass is 9.74. The van der Waals surface area contributed by atoms with Gasteiger partial charge in [-0.15, -0.1) is 0 Å². The number of aryl methyl sites for hydroxylation is 2. The van der Waals surface area contributed by atoms with Crippen LogP contribution in [0.15, 0.2) is 109 Å². The summed E-state index contributed by atoms with van der Waals surface area (Å²) in [5, 5.41) is 13.7. The predicted octanol–water partition coefficient (Wildman–Crippen LogP) is 10.1. The van der Waals surface area contributed by atoms with Crippen molar-refractivity contribution >= 4 is 30.1 Å². The van der Waals surface area contributed by atoms with E-state index in [2.05, 4.69) is 159 Å². The number of aromatic nitrogens is 2. The number of fused-ring (bicyclic) bond motifs is 2. The molecule has 0 saturated carbocycles. The molecular formula is C39H41N3OSi. The highest BCUT2D eigenvalue weighted by atomic mass is 28.4. The number of para-hydroxylation sites is 2. The van der Waals surface area contributed by atoms with Crippen LogP contribution in [-0.2, 0) is 4.43 Å². The molecule has 0 amide bonds. The molecule has 0 bridgehead atoms. The molecule has 5 heteroatoms. The van der Waals surface area contributed by atoms with Crippen LogP contribution in [0.1, 0.15) is 58.3 Å². The fourth-order valence-corrected chi connectivity index (χ4v) is 8.55. The van der Waals surface area contributed by atoms with Crippen LogP contribution < -0.4 is 0 Å². The van der Waals surface area contributed by atoms with E-state index in [9.17, 15) is 5.26 Å². The second-order valence-corrected chi connectivity index (χ2v) is 17.5. The third-order valence-electron chi connectivity index (χ3n) is 8.76. The Kier molecular flexibility index (Phi) is 8.07. The zero-order valence-corrected chi connectivity index (χ0v) is 27.3. The molecule has 4 aromatic carbocycles. The average molecular weight is 596 g/mol. The first-order chi connectivity index (χ1) is 21.2. The molecule has 2 aromatic heterocycles. The van der Waals surface area contributed by atoms with Gasteiger partial charge in [0.15, 0.2) is 8.32 Å². The Labute approximate surface area is 261 Å². The summed E-state index contributed by atoms with van der Waals surface area (Å²) < 4.78 is 7.14. The second-order valence-electron chi connectivity index (χ2n) is 13.1. The summed E-state index contributed by atoms with van der Waals surface area (Å²) in [4.78, 5) is 7.25. The van der Waals surface area contributed by atoms with Crippen LogP contribution >= 0.6 is 0 Å². The van der Waals surface area contributed by atoms with Crippen LogP contribution in [0, 0.1) is 25.2 Å². The van der Waals surface area contributed by atoms with Crippen molar-refractivity contribution in [2.75, 3.05) is 0 Å². The molecule has 4 nitrogen and oxygen atoms in total. The Hall–Kier alpha value is -4.37. The first kappa shape index (κ1) is 29.7. The molecule has 0 aliphatic heterocycles. The van der Waals surface area contributed by atoms with Crippen molar-refractivity contribution < 1.29 is 4.43 Å². The molecule has 222 valence electrons. The van der Waals surface area contributed by atoms with E-state index in [1.165, 1.54) is 33.0 Å². The van der Waals surface area contributed by atoms with Gasteiger partial charge in [-0.05, 0) is 80.7 Å². The van der Waals surface area contributed by atoms with Crippen molar-refractivity contribution in [1.29, 1.82) is 5.26 Å². The summed E-state index contributed by atoms with van der Waals surface area (Å²) in [6, 6.07) is 41.1. The zero-order valence-electron chi connectivity index (χ0n) is 26.3. The van der Waals surface area contributed by atoms with E-state index in [0.29, 0.717) is 12.8 Å². The quantitative estimate of drug-likeness (QED) is 0.155. The molecule has 2 atom stereocenters. The van der Waals surface area contributed by atoms with Gasteiger partial charge in [-0.1, -0.05) is 97.1 Å². The Morgan fingerprint density at radius 3 is 1.41 bits per heavy atom. The molecule has 2 unspecified atom stereocenters. The fraction of sp³-hybridized carbons (Fsp3) is 0.256. The summed E-state index contributed by atoms with van der Waals surface area (Å²) in [5.41, 5.74) is 8.32. The van der Waals surface area contributed by atoms with E-state index in [0.717, 1.165) is 22.4 Å². The number of nitrogens with zero attached hydrogens (tertiary/aromatic N) is 1. The zero-order chi connectivity index (χ0) is 30.9. The average Bonchev–Trinajstić information content (AvgIpc) is 3.53. The van der Waals surface area contributed by atoms with Crippen molar-refractivity contribution in [3.63, 3.8) is 0 Å². The van der Waals surface area contributed by atoms with Crippen molar-refractivity contribution in [2.24, 2.45) is 0 Å². The Morgan fingerprint density at radius 1 is 0.636 bits per heavy atom. The van der Waals surface area contributed by atoms with Gasteiger partial charge in [-0.3, -0.25) is 0 Å². The molecule has 6 aromatic rings. The Balaban J connectivity index is 1.55. The number of benzene rings is 4. The van der Waals surface area contributed by atoms with Crippen molar-refractivity contribution in [3.8, 4) is 6.07 Å². The van der Waals surface area contributed by atoms with Crippen LogP contribution in [-0.4, -0.2) is 23.9 Å². The maximum Gasteiger partial charge on any atom is 0.185 e. The van der Waals surface area contributed by atoms with E-state index in [1.807, 2.05) is 0 Å². The van der Waals surface area contributed by atoms with Crippen LogP contribution in [0.5, 0.6) is 0 Å². The monoisotopic (exact) mass is 595 g/mol. The molecule has 0 fully saturated rings. The number of nitrogens with one attached hydrogen (secondary N) is 2. The van der Waals surface area contributed by atoms with Gasteiger partial charge in [0.05, 0.1) is 6.07 Å². The second kappa shape index (κ2) is 12.0. The van der Waals surface area contributed by atoms with E-state index in [4.69, 9.17) is 4.43 Å². The number of hydrogen-bond acceptors (Lipinski definition) is 2. The summed E-state index contributed by atoms with van der Waals surface area (Å²) >= 11 is 0. The third-order valence-corrected chi connectivity index (χ3v) is 9.76. The van der Waals surface area contributed by atoms with Crippen molar-refractivity contribution in [2.45, 2.75) is 63.8 Å². The largest absolute Gasteiger partial charge is 0.400 e.